The van der Waals surface area contributed by atoms with Gasteiger partial charge in [0.05, 0.1) is 25.9 Å². The molecule has 2 saturated heterocycles. The van der Waals surface area contributed by atoms with Crippen LogP contribution >= 0.6 is 0 Å². The Morgan fingerprint density at radius 1 is 0.720 bits per heavy atom. The Morgan fingerprint density at radius 3 is 2.04 bits per heavy atom. The highest BCUT2D eigenvalue weighted by atomic mass is 16.7. The highest BCUT2D eigenvalue weighted by Crippen LogP contribution is 2.76. The van der Waals surface area contributed by atoms with Crippen LogP contribution in [0.25, 0.3) is 0 Å². The number of ether oxygens (including phenoxy) is 4. The van der Waals surface area contributed by atoms with Gasteiger partial charge in [0.15, 0.2) is 12.6 Å². The molecule has 6 fully saturated rings. The summed E-state index contributed by atoms with van der Waals surface area (Å²) in [5.74, 6) is 2.37. The van der Waals surface area contributed by atoms with E-state index in [1.807, 2.05) is 0 Å². The van der Waals surface area contributed by atoms with Crippen molar-refractivity contribution in [1.29, 1.82) is 0 Å². The van der Waals surface area contributed by atoms with Crippen molar-refractivity contribution in [1.82, 2.24) is 0 Å². The highest BCUT2D eigenvalue weighted by Gasteiger charge is 2.69. The first-order chi connectivity index (χ1) is 23.4. The summed E-state index contributed by atoms with van der Waals surface area (Å²) in [5.41, 5.74) is 1.63. The molecule has 2 heterocycles. The van der Waals surface area contributed by atoms with Crippen LogP contribution in [-0.2, 0) is 18.9 Å². The number of rotatable bonds is 5. The Bertz CT molecular complexity index is 1290. The minimum atomic E-state index is -1.28. The second-order valence-electron chi connectivity index (χ2n) is 19.3. The third-order valence-corrected chi connectivity index (χ3v) is 16.8. The van der Waals surface area contributed by atoms with Crippen molar-refractivity contribution in [2.24, 2.45) is 56.7 Å². The summed E-state index contributed by atoms with van der Waals surface area (Å²) < 4.78 is 24.3. The van der Waals surface area contributed by atoms with Gasteiger partial charge in [-0.15, -0.1) is 0 Å². The normalized spacial score (nSPS) is 56.3. The van der Waals surface area contributed by atoms with Crippen molar-refractivity contribution >= 4 is 0 Å². The lowest BCUT2D eigenvalue weighted by atomic mass is 9.33. The summed E-state index contributed by atoms with van der Waals surface area (Å²) in [5, 5.41) is 62.0. The zero-order valence-electron chi connectivity index (χ0n) is 31.5. The smallest absolute Gasteiger partial charge is 0.186 e. The molecular weight excluding hydrogens is 640 g/mol. The van der Waals surface area contributed by atoms with Crippen molar-refractivity contribution in [2.75, 3.05) is 19.8 Å². The van der Waals surface area contributed by atoms with E-state index in [1.165, 1.54) is 0 Å². The van der Waals surface area contributed by atoms with Crippen LogP contribution in [0.4, 0.5) is 0 Å². The molecule has 0 amide bonds. The van der Waals surface area contributed by atoms with Crippen LogP contribution in [0.1, 0.15) is 106 Å². The predicted molar refractivity (Wildman–Crippen MR) is 185 cm³/mol. The molecule has 0 radical (unpaired) electrons. The van der Waals surface area contributed by atoms with Crippen LogP contribution in [0.15, 0.2) is 11.6 Å². The molecular formula is C40H66O10. The summed E-state index contributed by atoms with van der Waals surface area (Å²) >= 11 is 0. The van der Waals surface area contributed by atoms with Crippen molar-refractivity contribution in [2.45, 2.75) is 162 Å². The molecule has 2 aliphatic heterocycles. The van der Waals surface area contributed by atoms with Gasteiger partial charge >= 0.3 is 0 Å². The lowest BCUT2D eigenvalue weighted by Crippen LogP contribution is -2.66. The topological polar surface area (TPSA) is 158 Å². The summed E-state index contributed by atoms with van der Waals surface area (Å²) in [6.07, 6.45) is 2.76. The molecule has 10 nitrogen and oxygen atoms in total. The van der Waals surface area contributed by atoms with E-state index in [0.717, 1.165) is 57.8 Å². The second kappa shape index (κ2) is 13.0. The quantitative estimate of drug-likeness (QED) is 0.183. The third-order valence-electron chi connectivity index (χ3n) is 16.8. The Kier molecular flexibility index (Phi) is 9.78. The Labute approximate surface area is 298 Å². The van der Waals surface area contributed by atoms with Crippen molar-refractivity contribution in [3.8, 4) is 0 Å². The molecule has 0 bridgehead atoms. The summed E-state index contributed by atoms with van der Waals surface area (Å²) in [4.78, 5) is 0. The van der Waals surface area contributed by atoms with Gasteiger partial charge in [-0.3, -0.25) is 0 Å². The van der Waals surface area contributed by atoms with E-state index in [9.17, 15) is 30.6 Å². The molecule has 10 heteroatoms. The van der Waals surface area contributed by atoms with E-state index >= 15 is 0 Å². The lowest BCUT2D eigenvalue weighted by molar-refractivity contribution is -0.308. The van der Waals surface area contributed by atoms with Gasteiger partial charge < -0.3 is 49.6 Å². The molecule has 6 N–H and O–H groups in total. The molecule has 286 valence electrons. The van der Waals surface area contributed by atoms with Gasteiger partial charge in [-0.05, 0) is 109 Å². The number of allylic oxidation sites excluding steroid dienone is 2. The molecule has 0 aromatic carbocycles. The fourth-order valence-electron chi connectivity index (χ4n) is 13.3. The van der Waals surface area contributed by atoms with Crippen LogP contribution < -0.4 is 0 Å². The first-order valence-corrected chi connectivity index (χ1v) is 19.7. The molecule has 7 rings (SSSR count). The molecule has 50 heavy (non-hydrogen) atoms. The predicted octanol–water partition coefficient (Wildman–Crippen LogP) is 3.92. The van der Waals surface area contributed by atoms with Crippen LogP contribution in [-0.4, -0.2) is 106 Å². The highest BCUT2D eigenvalue weighted by molar-refractivity contribution is 5.34. The average Bonchev–Trinajstić information content (AvgIpc) is 3.07. The lowest BCUT2D eigenvalue weighted by Gasteiger charge is -2.72. The summed E-state index contributed by atoms with van der Waals surface area (Å²) in [6, 6.07) is 0. The van der Waals surface area contributed by atoms with Crippen molar-refractivity contribution in [3.05, 3.63) is 11.6 Å². The number of hydrogen-bond acceptors (Lipinski definition) is 10. The molecule has 0 aromatic rings. The summed E-state index contributed by atoms with van der Waals surface area (Å²) in [7, 11) is 0. The summed E-state index contributed by atoms with van der Waals surface area (Å²) in [6.45, 7) is 17.5. The van der Waals surface area contributed by atoms with Crippen molar-refractivity contribution in [3.63, 3.8) is 0 Å². The maximum absolute atomic E-state index is 10.7. The Balaban J connectivity index is 1.15. The van der Waals surface area contributed by atoms with E-state index in [4.69, 9.17) is 18.9 Å². The minimum Gasteiger partial charge on any atom is -0.388 e. The molecule has 7 aliphatic rings. The van der Waals surface area contributed by atoms with E-state index in [0.29, 0.717) is 36.2 Å². The molecule has 4 saturated carbocycles. The number of hydrogen-bond donors (Lipinski definition) is 6. The number of fused-ring (bicyclic) bond motifs is 7. The first-order valence-electron chi connectivity index (χ1n) is 19.7. The van der Waals surface area contributed by atoms with E-state index < -0.39 is 49.2 Å². The van der Waals surface area contributed by atoms with Gasteiger partial charge in [0.25, 0.3) is 0 Å². The van der Waals surface area contributed by atoms with Gasteiger partial charge in [-0.25, -0.2) is 0 Å². The fourth-order valence-corrected chi connectivity index (χ4v) is 13.3. The second-order valence-corrected chi connectivity index (χ2v) is 19.3. The van der Waals surface area contributed by atoms with E-state index in [2.05, 4.69) is 54.5 Å². The van der Waals surface area contributed by atoms with Crippen LogP contribution in [0.3, 0.4) is 0 Å². The fraction of sp³-hybridized carbons (Fsp3) is 0.950. The number of aliphatic hydroxyl groups is 6. The molecule has 0 aromatic heterocycles. The van der Waals surface area contributed by atoms with Crippen molar-refractivity contribution < 1.29 is 49.6 Å². The average molecular weight is 707 g/mol. The van der Waals surface area contributed by atoms with Gasteiger partial charge in [-0.1, -0.05) is 60.1 Å². The van der Waals surface area contributed by atoms with Gasteiger partial charge in [0.1, 0.15) is 36.6 Å². The molecule has 5 aliphatic carbocycles. The van der Waals surface area contributed by atoms with Crippen LogP contribution in [0, 0.1) is 56.7 Å². The SMILES string of the molecule is C[C@H]1[C@H](C)CC[C@]2(CO[C@@H]3OC[C@H](O)[C@@H](O)[C@@H]3O)CC[C@]3(C)C(=CC[C@@H]4[C@@]5(C)CC[C@H](O[C@H]6OC[C@H](O)[C@@H](O)[C@@H]6O)C(C)(C)[C@@H]5CC[C@]43C)[C@H]12. The monoisotopic (exact) mass is 706 g/mol. The van der Waals surface area contributed by atoms with Gasteiger partial charge in [-0.2, -0.15) is 0 Å². The minimum absolute atomic E-state index is 0.0407. The zero-order valence-corrected chi connectivity index (χ0v) is 31.5. The maximum Gasteiger partial charge on any atom is 0.186 e. The van der Waals surface area contributed by atoms with Crippen LogP contribution in [0.5, 0.6) is 0 Å². The first kappa shape index (κ1) is 37.6. The Morgan fingerprint density at radius 2 is 1.36 bits per heavy atom. The molecule has 0 unspecified atom stereocenters. The van der Waals surface area contributed by atoms with Gasteiger partial charge in [0.2, 0.25) is 0 Å². The molecule has 18 atom stereocenters. The zero-order chi connectivity index (χ0) is 36.2. The maximum atomic E-state index is 10.7. The molecule has 0 spiro atoms. The Hall–Kier alpha value is -0.660. The van der Waals surface area contributed by atoms with E-state index in [1.54, 1.807) is 5.57 Å². The number of aliphatic hydroxyl groups excluding tert-OH is 6. The third kappa shape index (κ3) is 5.47. The van der Waals surface area contributed by atoms with E-state index in [-0.39, 0.29) is 46.4 Å². The largest absolute Gasteiger partial charge is 0.388 e. The van der Waals surface area contributed by atoms with Gasteiger partial charge in [0, 0.05) is 5.41 Å². The standard InChI is InChI=1S/C40H66O10/c1-21-10-15-40(20-49-34-32(45)30(43)24(41)18-47-34)17-16-38(6)23(29(40)22(21)2)8-9-27-37(5)13-12-28(36(3,4)26(37)11-14-39(27,38)7)50-35-33(46)31(44)25(42)19-48-35/h8,21-22,24-35,41-46H,9-20H2,1-7H3/t21-,22+,24+,25+,26+,27-,28+,29+,30-,31-,32+,33+,34+,35-,37+,38-,39-,40-/m1/s1. The van der Waals surface area contributed by atoms with Crippen LogP contribution in [0.2, 0.25) is 0 Å².